The van der Waals surface area contributed by atoms with Gasteiger partial charge in [0.2, 0.25) is 5.95 Å². The van der Waals surface area contributed by atoms with E-state index in [4.69, 9.17) is 21.3 Å². The normalized spacial score (nSPS) is 19.0. The molecular formula is C30H37BrClN7O. The van der Waals surface area contributed by atoms with Gasteiger partial charge >= 0.3 is 0 Å². The van der Waals surface area contributed by atoms with Crippen LogP contribution in [0.25, 0.3) is 0 Å². The highest BCUT2D eigenvalue weighted by atomic mass is 79.9. The second-order valence-electron chi connectivity index (χ2n) is 11.0. The third-order valence-corrected chi connectivity index (χ3v) is 9.43. The van der Waals surface area contributed by atoms with E-state index in [1.54, 1.807) is 13.3 Å². The van der Waals surface area contributed by atoms with Crippen LogP contribution in [0.15, 0.2) is 47.1 Å². The number of methoxy groups -OCH3 is 1. The molecule has 2 saturated heterocycles. The van der Waals surface area contributed by atoms with Crippen molar-refractivity contribution in [2.24, 2.45) is 0 Å². The van der Waals surface area contributed by atoms with Gasteiger partial charge in [-0.3, -0.25) is 4.90 Å². The molecule has 0 spiro atoms. The van der Waals surface area contributed by atoms with Crippen LogP contribution in [-0.4, -0.2) is 85.8 Å². The molecule has 2 aromatic carbocycles. The predicted octanol–water partition coefficient (Wildman–Crippen LogP) is 5.42. The fourth-order valence-corrected chi connectivity index (χ4v) is 6.95. The largest absolute Gasteiger partial charge is 0.494 e. The number of nitrogens with zero attached hydrogens (tertiary/aromatic N) is 6. The van der Waals surface area contributed by atoms with Gasteiger partial charge in [0.05, 0.1) is 24.7 Å². The minimum absolute atomic E-state index is 0.490. The van der Waals surface area contributed by atoms with Gasteiger partial charge in [0.1, 0.15) is 10.8 Å². The number of aromatic nitrogens is 2. The Kier molecular flexibility index (Phi) is 8.35. The van der Waals surface area contributed by atoms with E-state index in [0.717, 1.165) is 60.0 Å². The van der Waals surface area contributed by atoms with Gasteiger partial charge in [-0.1, -0.05) is 35.9 Å². The third kappa shape index (κ3) is 5.88. The minimum Gasteiger partial charge on any atom is -0.494 e. The summed E-state index contributed by atoms with van der Waals surface area (Å²) in [5, 5.41) is 3.93. The van der Waals surface area contributed by atoms with Crippen LogP contribution in [0.3, 0.4) is 0 Å². The molecule has 8 nitrogen and oxygen atoms in total. The zero-order valence-corrected chi connectivity index (χ0v) is 25.6. The van der Waals surface area contributed by atoms with Crippen molar-refractivity contribution >= 4 is 50.7 Å². The average molecular weight is 627 g/mol. The summed E-state index contributed by atoms with van der Waals surface area (Å²) >= 11 is 10.4. The second kappa shape index (κ2) is 12.1. The number of halogens is 2. The lowest BCUT2D eigenvalue weighted by Gasteiger charge is -2.42. The summed E-state index contributed by atoms with van der Waals surface area (Å²) in [4.78, 5) is 19.1. The van der Waals surface area contributed by atoms with Gasteiger partial charge in [-0.05, 0) is 59.4 Å². The number of benzene rings is 2. The first kappa shape index (κ1) is 27.6. The van der Waals surface area contributed by atoms with E-state index in [1.807, 2.05) is 0 Å². The van der Waals surface area contributed by atoms with E-state index in [1.165, 1.54) is 50.1 Å². The van der Waals surface area contributed by atoms with Crippen molar-refractivity contribution in [3.05, 3.63) is 63.2 Å². The molecule has 0 bridgehead atoms. The maximum absolute atomic E-state index is 6.58. The first-order valence-electron chi connectivity index (χ1n) is 14.1. The molecule has 3 aliphatic heterocycles. The Morgan fingerprint density at radius 2 is 1.73 bits per heavy atom. The zero-order chi connectivity index (χ0) is 27.6. The van der Waals surface area contributed by atoms with Crippen molar-refractivity contribution in [2.45, 2.75) is 31.8 Å². The van der Waals surface area contributed by atoms with Crippen LogP contribution >= 0.6 is 27.5 Å². The van der Waals surface area contributed by atoms with Crippen LogP contribution in [0.2, 0.25) is 5.02 Å². The Bertz CT molecular complexity index is 1340. The molecule has 6 rings (SSSR count). The highest BCUT2D eigenvalue weighted by Gasteiger charge is 2.28. The highest BCUT2D eigenvalue weighted by Crippen LogP contribution is 2.39. The average Bonchev–Trinajstić information content (AvgIpc) is 2.98. The summed E-state index contributed by atoms with van der Waals surface area (Å²) in [5.74, 6) is 1.99. The maximum Gasteiger partial charge on any atom is 0.229 e. The second-order valence-corrected chi connectivity index (χ2v) is 12.3. The van der Waals surface area contributed by atoms with E-state index in [2.05, 4.69) is 89.3 Å². The summed E-state index contributed by atoms with van der Waals surface area (Å²) in [6.07, 6.45) is 5.00. The third-order valence-electron chi connectivity index (χ3n) is 8.53. The van der Waals surface area contributed by atoms with E-state index >= 15 is 0 Å². The van der Waals surface area contributed by atoms with Crippen molar-refractivity contribution in [3.8, 4) is 5.75 Å². The number of likely N-dealkylation sites (N-methyl/N-ethyl adjacent to an activating group) is 1. The number of hydrogen-bond acceptors (Lipinski definition) is 8. The Hall–Kier alpha value is -2.59. The molecule has 10 heteroatoms. The summed E-state index contributed by atoms with van der Waals surface area (Å²) < 4.78 is 6.85. The molecule has 212 valence electrons. The standard InChI is InChI=1S/C30H37BrClN7O/c1-36-13-15-37(16-14-36)23-8-11-38(12-9-23)27-18-28(40-2)26(17-24(27)31)34-30-33-19-25(32)29(35-30)39-10-7-21-5-3-4-6-22(21)20-39/h3-6,17-19,23H,7-16,20H2,1-2H3,(H,33,34,35). The quantitative estimate of drug-likeness (QED) is 0.389. The zero-order valence-electron chi connectivity index (χ0n) is 23.2. The van der Waals surface area contributed by atoms with Crippen molar-refractivity contribution in [2.75, 3.05) is 75.1 Å². The van der Waals surface area contributed by atoms with Crippen LogP contribution in [0.5, 0.6) is 5.75 Å². The molecule has 0 amide bonds. The number of anilines is 4. The molecule has 0 unspecified atom stereocenters. The number of ether oxygens (including phenoxy) is 1. The van der Waals surface area contributed by atoms with Gasteiger partial charge in [0.25, 0.3) is 0 Å². The number of fused-ring (bicyclic) bond motifs is 1. The first-order chi connectivity index (χ1) is 19.5. The van der Waals surface area contributed by atoms with Crippen LogP contribution in [-0.2, 0) is 13.0 Å². The van der Waals surface area contributed by atoms with E-state index in [9.17, 15) is 0 Å². The highest BCUT2D eigenvalue weighted by molar-refractivity contribution is 9.10. The van der Waals surface area contributed by atoms with Crippen LogP contribution < -0.4 is 19.9 Å². The lowest BCUT2D eigenvalue weighted by atomic mass is 10.00. The number of rotatable bonds is 6. The molecule has 2 fully saturated rings. The van der Waals surface area contributed by atoms with Gasteiger partial charge in [-0.2, -0.15) is 4.98 Å². The molecule has 0 atom stereocenters. The van der Waals surface area contributed by atoms with Gasteiger partial charge < -0.3 is 24.8 Å². The summed E-state index contributed by atoms with van der Waals surface area (Å²) in [7, 11) is 3.92. The first-order valence-corrected chi connectivity index (χ1v) is 15.3. The molecule has 0 saturated carbocycles. The van der Waals surface area contributed by atoms with Crippen molar-refractivity contribution in [1.29, 1.82) is 0 Å². The van der Waals surface area contributed by atoms with E-state index < -0.39 is 0 Å². The van der Waals surface area contributed by atoms with Crippen LogP contribution in [0.4, 0.5) is 23.1 Å². The fourth-order valence-electron chi connectivity index (χ4n) is 6.15. The molecule has 1 aromatic heterocycles. The number of hydrogen-bond donors (Lipinski definition) is 1. The van der Waals surface area contributed by atoms with Gasteiger partial charge in [-0.15, -0.1) is 0 Å². The maximum atomic E-state index is 6.58. The van der Waals surface area contributed by atoms with Gasteiger partial charge in [0.15, 0.2) is 5.82 Å². The number of nitrogens with one attached hydrogen (secondary N) is 1. The van der Waals surface area contributed by atoms with Crippen molar-refractivity contribution < 1.29 is 4.74 Å². The topological polar surface area (TPSA) is 60.0 Å². The molecule has 0 radical (unpaired) electrons. The Morgan fingerprint density at radius 3 is 2.48 bits per heavy atom. The molecule has 40 heavy (non-hydrogen) atoms. The predicted molar refractivity (Wildman–Crippen MR) is 167 cm³/mol. The van der Waals surface area contributed by atoms with E-state index in [-0.39, 0.29) is 0 Å². The van der Waals surface area contributed by atoms with Gasteiger partial charge in [-0.25, -0.2) is 4.98 Å². The van der Waals surface area contributed by atoms with Crippen LogP contribution in [0, 0.1) is 0 Å². The van der Waals surface area contributed by atoms with Crippen LogP contribution in [0.1, 0.15) is 24.0 Å². The van der Waals surface area contributed by atoms with Crippen molar-refractivity contribution in [1.82, 2.24) is 19.8 Å². The SMILES string of the molecule is COc1cc(N2CCC(N3CCN(C)CC3)CC2)c(Br)cc1Nc1ncc(Cl)c(N2CCc3ccccc3C2)n1. The summed E-state index contributed by atoms with van der Waals surface area (Å²) in [6, 6.07) is 13.4. The lowest BCUT2D eigenvalue weighted by Crippen LogP contribution is -2.52. The Labute approximate surface area is 250 Å². The molecule has 0 aliphatic carbocycles. The summed E-state index contributed by atoms with van der Waals surface area (Å²) in [5.41, 5.74) is 4.67. The number of piperazine rings is 1. The Morgan fingerprint density at radius 1 is 0.975 bits per heavy atom. The fraction of sp³-hybridized carbons (Fsp3) is 0.467. The number of piperidine rings is 1. The monoisotopic (exact) mass is 625 g/mol. The van der Waals surface area contributed by atoms with Gasteiger partial charge in [0, 0.05) is 68.9 Å². The smallest absolute Gasteiger partial charge is 0.229 e. The Balaban J connectivity index is 1.15. The molecular weight excluding hydrogens is 590 g/mol. The molecule has 3 aromatic rings. The molecule has 4 heterocycles. The minimum atomic E-state index is 0.490. The molecule has 3 aliphatic rings. The van der Waals surface area contributed by atoms with Crippen molar-refractivity contribution in [3.63, 3.8) is 0 Å². The lowest BCUT2D eigenvalue weighted by molar-refractivity contribution is 0.0982. The summed E-state index contributed by atoms with van der Waals surface area (Å²) in [6.45, 7) is 8.41. The molecule has 1 N–H and O–H groups in total. The van der Waals surface area contributed by atoms with E-state index in [0.29, 0.717) is 17.0 Å².